The summed E-state index contributed by atoms with van der Waals surface area (Å²) in [6, 6.07) is 2.73. The Morgan fingerprint density at radius 2 is 2.31 bits per heavy atom. The third kappa shape index (κ3) is 1.74. The van der Waals surface area contributed by atoms with Crippen molar-refractivity contribution in [3.63, 3.8) is 0 Å². The van der Waals surface area contributed by atoms with Crippen LogP contribution in [0.2, 0.25) is 0 Å². The quantitative estimate of drug-likeness (QED) is 0.763. The molecule has 1 aliphatic carbocycles. The van der Waals surface area contributed by atoms with Gasteiger partial charge in [0, 0.05) is 18.8 Å². The fraction of sp³-hybridized carbons (Fsp3) is 0.500. The molecule has 1 saturated carbocycles. The van der Waals surface area contributed by atoms with Crippen molar-refractivity contribution in [1.29, 1.82) is 0 Å². The van der Waals surface area contributed by atoms with Gasteiger partial charge >= 0.3 is 0 Å². The van der Waals surface area contributed by atoms with Gasteiger partial charge in [-0.25, -0.2) is 0 Å². The lowest BCUT2D eigenvalue weighted by Gasteiger charge is -2.22. The number of nitrogen functional groups attached to an aromatic ring is 1. The van der Waals surface area contributed by atoms with Gasteiger partial charge in [0.25, 0.3) is 0 Å². The lowest BCUT2D eigenvalue weighted by molar-refractivity contribution is 0.823. The molecule has 0 radical (unpaired) electrons. The van der Waals surface area contributed by atoms with Crippen LogP contribution in [-0.2, 0) is 0 Å². The van der Waals surface area contributed by atoms with Crippen LogP contribution in [0.15, 0.2) is 18.5 Å². The molecular formula is C10H15N3. The van der Waals surface area contributed by atoms with Gasteiger partial charge in [-0.2, -0.15) is 0 Å². The van der Waals surface area contributed by atoms with Gasteiger partial charge in [-0.05, 0) is 25.8 Å². The van der Waals surface area contributed by atoms with Crippen LogP contribution in [0, 0.1) is 0 Å². The molecule has 3 heteroatoms. The van der Waals surface area contributed by atoms with E-state index in [0.29, 0.717) is 0 Å². The topological polar surface area (TPSA) is 42.2 Å². The molecule has 1 aromatic heterocycles. The molecular weight excluding hydrogens is 162 g/mol. The van der Waals surface area contributed by atoms with E-state index in [4.69, 9.17) is 5.73 Å². The molecule has 70 valence electrons. The molecule has 13 heavy (non-hydrogen) atoms. The third-order valence-electron chi connectivity index (χ3n) is 2.40. The van der Waals surface area contributed by atoms with E-state index < -0.39 is 0 Å². The van der Waals surface area contributed by atoms with Crippen molar-refractivity contribution in [2.45, 2.75) is 25.8 Å². The largest absolute Gasteiger partial charge is 0.397 e. The summed E-state index contributed by atoms with van der Waals surface area (Å²) in [5.74, 6) is 0. The third-order valence-corrected chi connectivity index (χ3v) is 2.40. The molecule has 0 bridgehead atoms. The summed E-state index contributed by atoms with van der Waals surface area (Å²) in [5, 5.41) is 0. The van der Waals surface area contributed by atoms with Crippen LogP contribution in [0.25, 0.3) is 0 Å². The van der Waals surface area contributed by atoms with E-state index in [0.717, 1.165) is 24.0 Å². The zero-order valence-electron chi connectivity index (χ0n) is 7.90. The summed E-state index contributed by atoms with van der Waals surface area (Å²) < 4.78 is 0. The maximum absolute atomic E-state index is 5.68. The van der Waals surface area contributed by atoms with E-state index in [1.165, 1.54) is 12.8 Å². The standard InChI is InChI=1S/C10H15N3/c1-2-13(9-3-4-9)10-5-8(11)6-12-7-10/h5-7,9H,2-4,11H2,1H3. The first-order valence-electron chi connectivity index (χ1n) is 4.78. The summed E-state index contributed by atoms with van der Waals surface area (Å²) in [4.78, 5) is 6.46. The molecule has 1 aromatic rings. The van der Waals surface area contributed by atoms with Gasteiger partial charge in [0.05, 0.1) is 17.6 Å². The minimum absolute atomic E-state index is 0.730. The second-order valence-corrected chi connectivity index (χ2v) is 3.49. The molecule has 1 fully saturated rings. The van der Waals surface area contributed by atoms with E-state index in [1.807, 2.05) is 12.3 Å². The fourth-order valence-electron chi connectivity index (χ4n) is 1.64. The van der Waals surface area contributed by atoms with E-state index in [2.05, 4.69) is 16.8 Å². The van der Waals surface area contributed by atoms with Crippen molar-refractivity contribution in [2.24, 2.45) is 0 Å². The second kappa shape index (κ2) is 3.24. The number of nitrogens with zero attached hydrogens (tertiary/aromatic N) is 2. The Kier molecular flexibility index (Phi) is 2.08. The molecule has 0 unspecified atom stereocenters. The molecule has 2 rings (SSSR count). The molecule has 0 atom stereocenters. The summed E-state index contributed by atoms with van der Waals surface area (Å²) in [6.07, 6.45) is 6.19. The minimum atomic E-state index is 0.730. The first-order valence-corrected chi connectivity index (χ1v) is 4.78. The maximum atomic E-state index is 5.68. The van der Waals surface area contributed by atoms with Gasteiger partial charge in [0.1, 0.15) is 0 Å². The van der Waals surface area contributed by atoms with E-state index in [-0.39, 0.29) is 0 Å². The maximum Gasteiger partial charge on any atom is 0.0575 e. The number of aromatic nitrogens is 1. The highest BCUT2D eigenvalue weighted by Crippen LogP contribution is 2.31. The summed E-state index contributed by atoms with van der Waals surface area (Å²) in [7, 11) is 0. The van der Waals surface area contributed by atoms with Crippen LogP contribution in [0.5, 0.6) is 0 Å². The molecule has 2 N–H and O–H groups in total. The van der Waals surface area contributed by atoms with Crippen LogP contribution >= 0.6 is 0 Å². The zero-order valence-corrected chi connectivity index (χ0v) is 7.90. The number of pyridine rings is 1. The number of hydrogen-bond acceptors (Lipinski definition) is 3. The molecule has 3 nitrogen and oxygen atoms in total. The molecule has 0 aromatic carbocycles. The van der Waals surface area contributed by atoms with E-state index in [9.17, 15) is 0 Å². The first kappa shape index (κ1) is 8.35. The lowest BCUT2D eigenvalue weighted by atomic mass is 10.3. The van der Waals surface area contributed by atoms with Crippen molar-refractivity contribution in [1.82, 2.24) is 4.98 Å². The monoisotopic (exact) mass is 177 g/mol. The highest BCUT2D eigenvalue weighted by atomic mass is 15.2. The first-order chi connectivity index (χ1) is 6.31. The van der Waals surface area contributed by atoms with Gasteiger partial charge in [-0.15, -0.1) is 0 Å². The highest BCUT2D eigenvalue weighted by molar-refractivity contribution is 5.54. The van der Waals surface area contributed by atoms with E-state index in [1.54, 1.807) is 6.20 Å². The van der Waals surface area contributed by atoms with Crippen molar-refractivity contribution >= 4 is 11.4 Å². The van der Waals surface area contributed by atoms with Crippen molar-refractivity contribution < 1.29 is 0 Å². The molecule has 0 amide bonds. The minimum Gasteiger partial charge on any atom is -0.397 e. The normalized spacial score (nSPS) is 15.8. The van der Waals surface area contributed by atoms with Crippen LogP contribution in [0.3, 0.4) is 0 Å². The summed E-state index contributed by atoms with van der Waals surface area (Å²) in [5.41, 5.74) is 7.59. The fourth-order valence-corrected chi connectivity index (χ4v) is 1.64. The number of rotatable bonds is 3. The van der Waals surface area contributed by atoms with Crippen LogP contribution in [0.4, 0.5) is 11.4 Å². The van der Waals surface area contributed by atoms with Gasteiger partial charge in [0.2, 0.25) is 0 Å². The Morgan fingerprint density at radius 1 is 1.54 bits per heavy atom. The van der Waals surface area contributed by atoms with Crippen molar-refractivity contribution in [3.8, 4) is 0 Å². The number of nitrogens with two attached hydrogens (primary N) is 1. The summed E-state index contributed by atoms with van der Waals surface area (Å²) in [6.45, 7) is 3.21. The van der Waals surface area contributed by atoms with Gasteiger partial charge in [0.15, 0.2) is 0 Å². The average Bonchev–Trinajstić information content (AvgIpc) is 2.90. The number of anilines is 2. The molecule has 0 aliphatic heterocycles. The SMILES string of the molecule is CCN(c1cncc(N)c1)C1CC1. The molecule has 0 saturated heterocycles. The van der Waals surface area contributed by atoms with Crippen LogP contribution in [0.1, 0.15) is 19.8 Å². The average molecular weight is 177 g/mol. The van der Waals surface area contributed by atoms with E-state index >= 15 is 0 Å². The predicted molar refractivity (Wildman–Crippen MR) is 54.7 cm³/mol. The van der Waals surface area contributed by atoms with Crippen LogP contribution < -0.4 is 10.6 Å². The second-order valence-electron chi connectivity index (χ2n) is 3.49. The zero-order chi connectivity index (χ0) is 9.26. The number of hydrogen-bond donors (Lipinski definition) is 1. The van der Waals surface area contributed by atoms with Crippen molar-refractivity contribution in [2.75, 3.05) is 17.2 Å². The van der Waals surface area contributed by atoms with Gasteiger partial charge in [-0.3, -0.25) is 4.98 Å². The van der Waals surface area contributed by atoms with Gasteiger partial charge in [-0.1, -0.05) is 0 Å². The molecule has 1 heterocycles. The Labute approximate surface area is 78.6 Å². The highest BCUT2D eigenvalue weighted by Gasteiger charge is 2.28. The molecule has 1 aliphatic rings. The smallest absolute Gasteiger partial charge is 0.0575 e. The van der Waals surface area contributed by atoms with Gasteiger partial charge < -0.3 is 10.6 Å². The predicted octanol–water partition coefficient (Wildman–Crippen LogP) is 1.65. The Hall–Kier alpha value is -1.25. The van der Waals surface area contributed by atoms with Crippen molar-refractivity contribution in [3.05, 3.63) is 18.5 Å². The summed E-state index contributed by atoms with van der Waals surface area (Å²) >= 11 is 0. The Morgan fingerprint density at radius 3 is 2.85 bits per heavy atom. The molecule has 0 spiro atoms. The Balaban J connectivity index is 2.21. The lowest BCUT2D eigenvalue weighted by Crippen LogP contribution is -2.25. The Bertz CT molecular complexity index is 294. The van der Waals surface area contributed by atoms with Crippen LogP contribution in [-0.4, -0.2) is 17.6 Å².